The number of hydrogen-bond acceptors (Lipinski definition) is 4. The van der Waals surface area contributed by atoms with Crippen molar-refractivity contribution in [3.05, 3.63) is 71.3 Å². The number of likely N-dealkylation sites (N-methyl/N-ethyl adjacent to an activating group) is 1. The van der Waals surface area contributed by atoms with Crippen LogP contribution in [-0.2, 0) is 28.9 Å². The SMILES string of the molecule is CN1CCN(C(=O)ONC(=O)Cc2ccc(CCCCc3ccccc3)cc2)CC1.Cl. The Kier molecular flexibility index (Phi) is 10.3. The van der Waals surface area contributed by atoms with Crippen LogP contribution in [-0.4, -0.2) is 55.0 Å². The molecule has 0 aliphatic carbocycles. The molecule has 0 bridgehead atoms. The van der Waals surface area contributed by atoms with Gasteiger partial charge in [0, 0.05) is 26.2 Å². The van der Waals surface area contributed by atoms with Crippen LogP contribution in [0.4, 0.5) is 4.79 Å². The Morgan fingerprint density at radius 2 is 1.39 bits per heavy atom. The molecule has 1 aliphatic heterocycles. The molecule has 2 aromatic carbocycles. The van der Waals surface area contributed by atoms with E-state index in [2.05, 4.69) is 46.8 Å². The smallest absolute Gasteiger partial charge is 0.321 e. The highest BCUT2D eigenvalue weighted by atomic mass is 35.5. The summed E-state index contributed by atoms with van der Waals surface area (Å²) in [5.74, 6) is -0.326. The van der Waals surface area contributed by atoms with Gasteiger partial charge in [0.25, 0.3) is 5.91 Å². The van der Waals surface area contributed by atoms with Crippen molar-refractivity contribution in [2.24, 2.45) is 0 Å². The third-order valence-corrected chi connectivity index (χ3v) is 5.43. The average molecular weight is 446 g/mol. The number of carbonyl (C=O) groups is 2. The summed E-state index contributed by atoms with van der Waals surface area (Å²) >= 11 is 0. The molecular formula is C24H32ClN3O3. The highest BCUT2D eigenvalue weighted by Crippen LogP contribution is 2.11. The molecule has 1 aliphatic rings. The molecule has 0 aromatic heterocycles. The number of nitrogens with one attached hydrogen (secondary N) is 1. The lowest BCUT2D eigenvalue weighted by molar-refractivity contribution is -0.129. The van der Waals surface area contributed by atoms with Gasteiger partial charge in [-0.2, -0.15) is 5.48 Å². The fraction of sp³-hybridized carbons (Fsp3) is 0.417. The fourth-order valence-corrected chi connectivity index (χ4v) is 3.50. The van der Waals surface area contributed by atoms with E-state index in [1.807, 2.05) is 25.2 Å². The van der Waals surface area contributed by atoms with Gasteiger partial charge in [0.1, 0.15) is 0 Å². The van der Waals surface area contributed by atoms with E-state index in [1.54, 1.807) is 4.90 Å². The molecule has 2 amide bonds. The molecule has 0 atom stereocenters. The molecule has 1 heterocycles. The number of rotatable bonds is 7. The molecule has 1 saturated heterocycles. The van der Waals surface area contributed by atoms with Gasteiger partial charge in [0.05, 0.1) is 6.42 Å². The summed E-state index contributed by atoms with van der Waals surface area (Å²) in [6, 6.07) is 18.6. The Morgan fingerprint density at radius 1 is 0.839 bits per heavy atom. The van der Waals surface area contributed by atoms with E-state index >= 15 is 0 Å². The summed E-state index contributed by atoms with van der Waals surface area (Å²) in [7, 11) is 2.01. The van der Waals surface area contributed by atoms with Gasteiger partial charge in [-0.3, -0.25) is 4.79 Å². The molecule has 0 unspecified atom stereocenters. The van der Waals surface area contributed by atoms with Crippen LogP contribution in [0.3, 0.4) is 0 Å². The average Bonchev–Trinajstić information content (AvgIpc) is 2.77. The minimum atomic E-state index is -0.498. The first kappa shape index (κ1) is 24.7. The highest BCUT2D eigenvalue weighted by molar-refractivity contribution is 5.85. The predicted octanol–water partition coefficient (Wildman–Crippen LogP) is 3.63. The summed E-state index contributed by atoms with van der Waals surface area (Å²) in [6.45, 7) is 2.83. The van der Waals surface area contributed by atoms with Gasteiger partial charge in [-0.05, 0) is 49.4 Å². The zero-order valence-corrected chi connectivity index (χ0v) is 18.9. The van der Waals surface area contributed by atoms with Crippen LogP contribution in [0.1, 0.15) is 29.5 Å². The standard InChI is InChI=1S/C24H31N3O3.ClH/c1-26-15-17-27(18-16-26)24(29)30-25-23(28)19-22-13-11-21(12-14-22)10-6-5-9-20-7-3-2-4-8-20;/h2-4,7-8,11-14H,5-6,9-10,15-19H2,1H3,(H,25,28);1H. The number of halogens is 1. The third kappa shape index (κ3) is 8.59. The van der Waals surface area contributed by atoms with Gasteiger partial charge >= 0.3 is 6.09 Å². The van der Waals surface area contributed by atoms with E-state index in [0.29, 0.717) is 13.1 Å². The summed E-state index contributed by atoms with van der Waals surface area (Å²) in [5.41, 5.74) is 5.82. The molecule has 0 radical (unpaired) electrons. The lowest BCUT2D eigenvalue weighted by Gasteiger charge is -2.31. The van der Waals surface area contributed by atoms with E-state index in [9.17, 15) is 9.59 Å². The molecule has 1 N–H and O–H groups in total. The minimum absolute atomic E-state index is 0. The Hall–Kier alpha value is -2.57. The van der Waals surface area contributed by atoms with Crippen LogP contribution in [0.25, 0.3) is 0 Å². The van der Waals surface area contributed by atoms with Gasteiger partial charge in [-0.15, -0.1) is 12.4 Å². The number of unbranched alkanes of at least 4 members (excludes halogenated alkanes) is 1. The van der Waals surface area contributed by atoms with Crippen LogP contribution in [0.15, 0.2) is 54.6 Å². The van der Waals surface area contributed by atoms with Crippen molar-refractivity contribution in [1.82, 2.24) is 15.3 Å². The largest absolute Gasteiger partial charge is 0.434 e. The molecule has 1 fully saturated rings. The second-order valence-electron chi connectivity index (χ2n) is 7.87. The van der Waals surface area contributed by atoms with Crippen molar-refractivity contribution in [3.8, 4) is 0 Å². The summed E-state index contributed by atoms with van der Waals surface area (Å²) in [4.78, 5) is 32.8. The highest BCUT2D eigenvalue weighted by Gasteiger charge is 2.21. The first-order valence-corrected chi connectivity index (χ1v) is 10.6. The summed E-state index contributed by atoms with van der Waals surface area (Å²) in [6.07, 6.45) is 4.12. The number of carbonyl (C=O) groups excluding carboxylic acids is 2. The van der Waals surface area contributed by atoms with Crippen molar-refractivity contribution in [3.63, 3.8) is 0 Å². The monoisotopic (exact) mass is 445 g/mol. The molecule has 31 heavy (non-hydrogen) atoms. The Morgan fingerprint density at radius 3 is 2.00 bits per heavy atom. The second-order valence-corrected chi connectivity index (χ2v) is 7.87. The maximum atomic E-state index is 12.1. The summed E-state index contributed by atoms with van der Waals surface area (Å²) < 4.78 is 0. The van der Waals surface area contributed by atoms with E-state index in [-0.39, 0.29) is 24.7 Å². The molecular weight excluding hydrogens is 414 g/mol. The predicted molar refractivity (Wildman–Crippen MR) is 124 cm³/mol. The van der Waals surface area contributed by atoms with Crippen molar-refractivity contribution < 1.29 is 14.4 Å². The quantitative estimate of drug-likeness (QED) is 0.522. The number of hydrogen-bond donors (Lipinski definition) is 1. The first-order valence-electron chi connectivity index (χ1n) is 10.6. The van der Waals surface area contributed by atoms with Crippen molar-refractivity contribution in [2.75, 3.05) is 33.2 Å². The van der Waals surface area contributed by atoms with Gasteiger partial charge in [-0.1, -0.05) is 54.6 Å². The topological polar surface area (TPSA) is 61.9 Å². The van der Waals surface area contributed by atoms with Crippen LogP contribution >= 0.6 is 12.4 Å². The number of hydroxylamine groups is 1. The zero-order chi connectivity index (χ0) is 21.2. The van der Waals surface area contributed by atoms with Crippen LogP contribution in [0, 0.1) is 0 Å². The molecule has 7 heteroatoms. The van der Waals surface area contributed by atoms with Gasteiger partial charge in [0.2, 0.25) is 0 Å². The van der Waals surface area contributed by atoms with E-state index in [0.717, 1.165) is 44.3 Å². The van der Waals surface area contributed by atoms with Gasteiger partial charge < -0.3 is 14.6 Å². The summed E-state index contributed by atoms with van der Waals surface area (Å²) in [5, 5.41) is 0. The maximum absolute atomic E-state index is 12.1. The number of piperazine rings is 1. The number of amides is 2. The number of benzene rings is 2. The Labute approximate surface area is 190 Å². The van der Waals surface area contributed by atoms with Crippen molar-refractivity contribution in [2.45, 2.75) is 32.1 Å². The van der Waals surface area contributed by atoms with E-state index < -0.39 is 6.09 Å². The van der Waals surface area contributed by atoms with Gasteiger partial charge in [0.15, 0.2) is 0 Å². The Balaban J connectivity index is 0.00000341. The molecule has 6 nitrogen and oxygen atoms in total. The number of aryl methyl sites for hydroxylation is 2. The zero-order valence-electron chi connectivity index (χ0n) is 18.1. The van der Waals surface area contributed by atoms with Crippen molar-refractivity contribution >= 4 is 24.4 Å². The normalized spacial score (nSPS) is 13.9. The molecule has 3 rings (SSSR count). The first-order chi connectivity index (χ1) is 14.6. The van der Waals surface area contributed by atoms with Crippen LogP contribution in [0.5, 0.6) is 0 Å². The van der Waals surface area contributed by atoms with Gasteiger partial charge in [-0.25, -0.2) is 4.79 Å². The minimum Gasteiger partial charge on any atom is -0.321 e. The second kappa shape index (κ2) is 13.0. The molecule has 2 aromatic rings. The lowest BCUT2D eigenvalue weighted by atomic mass is 10.0. The van der Waals surface area contributed by atoms with E-state index in [1.165, 1.54) is 11.1 Å². The number of nitrogens with zero attached hydrogens (tertiary/aromatic N) is 2. The maximum Gasteiger partial charge on any atom is 0.434 e. The van der Waals surface area contributed by atoms with Crippen molar-refractivity contribution in [1.29, 1.82) is 0 Å². The van der Waals surface area contributed by atoms with E-state index in [4.69, 9.17) is 4.84 Å². The molecule has 0 saturated carbocycles. The Bertz CT molecular complexity index is 807. The molecule has 0 spiro atoms. The van der Waals surface area contributed by atoms with Crippen LogP contribution < -0.4 is 5.48 Å². The fourth-order valence-electron chi connectivity index (χ4n) is 3.50. The third-order valence-electron chi connectivity index (χ3n) is 5.43. The van der Waals surface area contributed by atoms with Crippen LogP contribution in [0.2, 0.25) is 0 Å². The lowest BCUT2D eigenvalue weighted by Crippen LogP contribution is -2.48. The molecule has 168 valence electrons.